The molecular weight excluding hydrogens is 464 g/mol. The Labute approximate surface area is 219 Å². The van der Waals surface area contributed by atoms with Gasteiger partial charge in [0.1, 0.15) is 0 Å². The van der Waals surface area contributed by atoms with Crippen LogP contribution in [-0.4, -0.2) is 41.4 Å². The van der Waals surface area contributed by atoms with Crippen LogP contribution in [0.1, 0.15) is 16.7 Å². The molecule has 1 fully saturated rings. The van der Waals surface area contributed by atoms with Crippen LogP contribution in [-0.2, 0) is 24.2 Å². The molecule has 1 amide bonds. The van der Waals surface area contributed by atoms with Crippen molar-refractivity contribution in [1.29, 1.82) is 0 Å². The third kappa shape index (κ3) is 6.04. The van der Waals surface area contributed by atoms with Gasteiger partial charge in [0, 0.05) is 42.8 Å². The summed E-state index contributed by atoms with van der Waals surface area (Å²) in [5.41, 5.74) is 5.79. The molecule has 1 heterocycles. The monoisotopic (exact) mass is 494 g/mol. The van der Waals surface area contributed by atoms with E-state index in [2.05, 4.69) is 64.4 Å². The SMILES string of the molecule is O=C(Cc1ccccc1)N1CCN(Cc2ccc(-c3ccccc3Cl)cc2)CC1Cc1ccccc1. The summed E-state index contributed by atoms with van der Waals surface area (Å²) >= 11 is 6.39. The van der Waals surface area contributed by atoms with E-state index in [0.717, 1.165) is 54.3 Å². The zero-order valence-corrected chi connectivity index (χ0v) is 21.1. The highest BCUT2D eigenvalue weighted by molar-refractivity contribution is 6.33. The summed E-state index contributed by atoms with van der Waals surface area (Å²) in [7, 11) is 0. The van der Waals surface area contributed by atoms with Crippen LogP contribution in [0.3, 0.4) is 0 Å². The molecule has 0 aliphatic carbocycles. The van der Waals surface area contributed by atoms with Crippen LogP contribution in [0.25, 0.3) is 11.1 Å². The average molecular weight is 495 g/mol. The molecular formula is C32H31ClN2O. The predicted octanol–water partition coefficient (Wildman–Crippen LogP) is 6.51. The lowest BCUT2D eigenvalue weighted by Crippen LogP contribution is -2.56. The minimum Gasteiger partial charge on any atom is -0.337 e. The van der Waals surface area contributed by atoms with Crippen molar-refractivity contribution in [3.8, 4) is 11.1 Å². The molecule has 0 bridgehead atoms. The summed E-state index contributed by atoms with van der Waals surface area (Å²) in [5.74, 6) is 0.214. The van der Waals surface area contributed by atoms with Gasteiger partial charge in [-0.3, -0.25) is 9.69 Å². The van der Waals surface area contributed by atoms with E-state index in [-0.39, 0.29) is 11.9 Å². The molecule has 1 unspecified atom stereocenters. The number of carbonyl (C=O) groups excluding carboxylic acids is 1. The fraction of sp³-hybridized carbons (Fsp3) is 0.219. The summed E-state index contributed by atoms with van der Waals surface area (Å²) in [6, 6.07) is 37.4. The summed E-state index contributed by atoms with van der Waals surface area (Å²) in [5, 5.41) is 0.769. The van der Waals surface area contributed by atoms with Gasteiger partial charge >= 0.3 is 0 Å². The zero-order valence-electron chi connectivity index (χ0n) is 20.4. The number of rotatable bonds is 7. The first-order chi connectivity index (χ1) is 17.7. The minimum absolute atomic E-state index is 0.153. The van der Waals surface area contributed by atoms with Gasteiger partial charge < -0.3 is 4.90 Å². The third-order valence-corrected chi connectivity index (χ3v) is 7.27. The fourth-order valence-electron chi connectivity index (χ4n) is 5.07. The first-order valence-electron chi connectivity index (χ1n) is 12.6. The Morgan fingerprint density at radius 3 is 2.06 bits per heavy atom. The van der Waals surface area contributed by atoms with Crippen LogP contribution in [0.15, 0.2) is 109 Å². The lowest BCUT2D eigenvalue weighted by molar-refractivity contribution is -0.135. The van der Waals surface area contributed by atoms with Crippen LogP contribution in [0.5, 0.6) is 0 Å². The Morgan fingerprint density at radius 1 is 0.722 bits per heavy atom. The van der Waals surface area contributed by atoms with Gasteiger partial charge in [-0.1, -0.05) is 115 Å². The molecule has 0 radical (unpaired) electrons. The van der Waals surface area contributed by atoms with Crippen molar-refractivity contribution in [3.63, 3.8) is 0 Å². The summed E-state index contributed by atoms with van der Waals surface area (Å²) < 4.78 is 0. The molecule has 5 rings (SSSR count). The van der Waals surface area contributed by atoms with Gasteiger partial charge in [0.05, 0.1) is 6.42 Å². The van der Waals surface area contributed by atoms with Gasteiger partial charge in [-0.15, -0.1) is 0 Å². The van der Waals surface area contributed by atoms with Crippen molar-refractivity contribution in [2.75, 3.05) is 19.6 Å². The predicted molar refractivity (Wildman–Crippen MR) is 148 cm³/mol. The largest absolute Gasteiger partial charge is 0.337 e. The normalized spacial score (nSPS) is 16.1. The number of amides is 1. The average Bonchev–Trinajstić information content (AvgIpc) is 2.91. The summed E-state index contributed by atoms with van der Waals surface area (Å²) in [4.78, 5) is 17.9. The first kappa shape index (κ1) is 24.3. The molecule has 36 heavy (non-hydrogen) atoms. The number of piperazine rings is 1. The molecule has 1 aliphatic rings. The standard InChI is InChI=1S/C32H31ClN2O/c33-31-14-8-7-13-30(31)28-17-15-27(16-18-28)23-34-19-20-35(32(36)22-26-11-5-2-6-12-26)29(24-34)21-25-9-3-1-4-10-25/h1-18,29H,19-24H2. The maximum absolute atomic E-state index is 13.3. The van der Waals surface area contributed by atoms with Gasteiger partial charge in [0.25, 0.3) is 0 Å². The van der Waals surface area contributed by atoms with Crippen LogP contribution >= 0.6 is 11.6 Å². The maximum Gasteiger partial charge on any atom is 0.227 e. The van der Waals surface area contributed by atoms with Gasteiger partial charge in [-0.25, -0.2) is 0 Å². The van der Waals surface area contributed by atoms with E-state index < -0.39 is 0 Å². The van der Waals surface area contributed by atoms with E-state index in [9.17, 15) is 4.79 Å². The van der Waals surface area contributed by atoms with E-state index >= 15 is 0 Å². The summed E-state index contributed by atoms with van der Waals surface area (Å²) in [6.45, 7) is 3.36. The molecule has 4 aromatic carbocycles. The fourth-order valence-corrected chi connectivity index (χ4v) is 5.31. The van der Waals surface area contributed by atoms with E-state index in [0.29, 0.717) is 6.42 Å². The lowest BCUT2D eigenvalue weighted by atomic mass is 10.00. The number of nitrogens with zero attached hydrogens (tertiary/aromatic N) is 2. The van der Waals surface area contributed by atoms with E-state index in [4.69, 9.17) is 11.6 Å². The topological polar surface area (TPSA) is 23.6 Å². The highest BCUT2D eigenvalue weighted by Gasteiger charge is 2.30. The molecule has 0 spiro atoms. The Bertz CT molecular complexity index is 1270. The number of hydrogen-bond acceptors (Lipinski definition) is 2. The first-order valence-corrected chi connectivity index (χ1v) is 13.0. The Balaban J connectivity index is 1.28. The van der Waals surface area contributed by atoms with E-state index in [1.165, 1.54) is 11.1 Å². The third-order valence-electron chi connectivity index (χ3n) is 6.94. The van der Waals surface area contributed by atoms with Gasteiger partial charge in [-0.05, 0) is 34.7 Å². The van der Waals surface area contributed by atoms with Crippen molar-refractivity contribution in [1.82, 2.24) is 9.80 Å². The highest BCUT2D eigenvalue weighted by atomic mass is 35.5. The second kappa shape index (κ2) is 11.6. The van der Waals surface area contributed by atoms with Crippen LogP contribution in [0.4, 0.5) is 0 Å². The molecule has 1 saturated heterocycles. The van der Waals surface area contributed by atoms with Crippen molar-refractivity contribution < 1.29 is 4.79 Å². The molecule has 1 aliphatic heterocycles. The lowest BCUT2D eigenvalue weighted by Gasteiger charge is -2.42. The molecule has 1 atom stereocenters. The van der Waals surface area contributed by atoms with E-state index in [1.807, 2.05) is 54.6 Å². The number of halogens is 1. The second-order valence-electron chi connectivity index (χ2n) is 9.50. The van der Waals surface area contributed by atoms with Crippen molar-refractivity contribution in [2.24, 2.45) is 0 Å². The minimum atomic E-state index is 0.153. The van der Waals surface area contributed by atoms with Gasteiger partial charge in [-0.2, -0.15) is 0 Å². The Morgan fingerprint density at radius 2 is 1.36 bits per heavy atom. The molecule has 0 N–H and O–H groups in total. The second-order valence-corrected chi connectivity index (χ2v) is 9.91. The quantitative estimate of drug-likeness (QED) is 0.292. The van der Waals surface area contributed by atoms with Crippen LogP contribution < -0.4 is 0 Å². The van der Waals surface area contributed by atoms with E-state index in [1.54, 1.807) is 0 Å². The Hall–Kier alpha value is -3.40. The zero-order chi connectivity index (χ0) is 24.7. The van der Waals surface area contributed by atoms with Crippen LogP contribution in [0, 0.1) is 0 Å². The molecule has 3 nitrogen and oxygen atoms in total. The molecule has 4 aromatic rings. The van der Waals surface area contributed by atoms with Crippen molar-refractivity contribution >= 4 is 17.5 Å². The van der Waals surface area contributed by atoms with Gasteiger partial charge in [0.2, 0.25) is 5.91 Å². The molecule has 0 aromatic heterocycles. The van der Waals surface area contributed by atoms with Gasteiger partial charge in [0.15, 0.2) is 0 Å². The number of benzene rings is 4. The molecule has 4 heteroatoms. The maximum atomic E-state index is 13.3. The summed E-state index contributed by atoms with van der Waals surface area (Å²) in [6.07, 6.45) is 1.32. The number of carbonyl (C=O) groups is 1. The smallest absolute Gasteiger partial charge is 0.227 e. The Kier molecular flexibility index (Phi) is 7.80. The number of hydrogen-bond donors (Lipinski definition) is 0. The highest BCUT2D eigenvalue weighted by Crippen LogP contribution is 2.28. The molecule has 182 valence electrons. The molecule has 0 saturated carbocycles. The van der Waals surface area contributed by atoms with Crippen LogP contribution in [0.2, 0.25) is 5.02 Å². The van der Waals surface area contributed by atoms with Crippen molar-refractivity contribution in [3.05, 3.63) is 131 Å². The van der Waals surface area contributed by atoms with Crippen molar-refractivity contribution in [2.45, 2.75) is 25.4 Å².